The monoisotopic (exact) mass is 254 g/mol. The minimum Gasteiger partial charge on any atom is -0.464 e. The van der Waals surface area contributed by atoms with E-state index in [9.17, 15) is 4.79 Å². The lowest BCUT2D eigenvalue weighted by molar-refractivity contribution is 0.0595. The van der Waals surface area contributed by atoms with E-state index in [0.717, 1.165) is 11.6 Å². The van der Waals surface area contributed by atoms with Crippen LogP contribution in [0.15, 0.2) is 5.38 Å². The Morgan fingerprint density at radius 2 is 2.41 bits per heavy atom. The van der Waals surface area contributed by atoms with Gasteiger partial charge in [-0.15, -0.1) is 11.3 Å². The summed E-state index contributed by atoms with van der Waals surface area (Å²) in [5.41, 5.74) is 0.418. The Hall–Kier alpha value is -1.10. The number of carbonyl (C=O) groups is 1. The van der Waals surface area contributed by atoms with Crippen LogP contribution in [0.3, 0.4) is 0 Å². The van der Waals surface area contributed by atoms with Crippen LogP contribution >= 0.6 is 11.3 Å². The topological polar surface area (TPSA) is 42.4 Å². The first-order valence-corrected chi connectivity index (χ1v) is 6.87. The molecule has 1 aliphatic heterocycles. The summed E-state index contributed by atoms with van der Waals surface area (Å²) in [6, 6.07) is 1.07. The summed E-state index contributed by atoms with van der Waals surface area (Å²) in [6.45, 7) is 4.42. The third-order valence-corrected chi connectivity index (χ3v) is 4.22. The van der Waals surface area contributed by atoms with Gasteiger partial charge in [0, 0.05) is 17.5 Å². The molecule has 1 aromatic heterocycles. The SMILES string of the molecule is CCC1CCC(C)N1c1nc(C(=O)OC)cs1. The fourth-order valence-corrected chi connectivity index (χ4v) is 3.37. The second kappa shape index (κ2) is 5.04. The van der Waals surface area contributed by atoms with Crippen LogP contribution in [0.1, 0.15) is 43.6 Å². The number of esters is 1. The van der Waals surface area contributed by atoms with Crippen molar-refractivity contribution in [2.24, 2.45) is 0 Å². The standard InChI is InChI=1S/C12H18N2O2S/c1-4-9-6-5-8(2)14(9)12-13-10(7-17-12)11(15)16-3/h7-9H,4-6H2,1-3H3. The summed E-state index contributed by atoms with van der Waals surface area (Å²) in [7, 11) is 1.38. The quantitative estimate of drug-likeness (QED) is 0.778. The summed E-state index contributed by atoms with van der Waals surface area (Å²) in [5, 5.41) is 2.72. The Kier molecular flexibility index (Phi) is 3.66. The van der Waals surface area contributed by atoms with Crippen LogP contribution in [0, 0.1) is 0 Å². The molecule has 2 unspecified atom stereocenters. The zero-order valence-electron chi connectivity index (χ0n) is 10.5. The van der Waals surface area contributed by atoms with Crippen molar-refractivity contribution in [2.45, 2.75) is 45.2 Å². The average Bonchev–Trinajstić information content (AvgIpc) is 2.93. The lowest BCUT2D eigenvalue weighted by atomic mass is 10.2. The minimum atomic E-state index is -0.354. The predicted molar refractivity (Wildman–Crippen MR) is 68.7 cm³/mol. The fourth-order valence-electron chi connectivity index (χ4n) is 2.40. The van der Waals surface area contributed by atoms with Gasteiger partial charge in [-0.2, -0.15) is 0 Å². The third kappa shape index (κ3) is 2.29. The largest absolute Gasteiger partial charge is 0.464 e. The molecule has 0 aliphatic carbocycles. The Morgan fingerprint density at radius 1 is 1.65 bits per heavy atom. The van der Waals surface area contributed by atoms with Crippen LogP contribution in [0.5, 0.6) is 0 Å². The number of methoxy groups -OCH3 is 1. The molecule has 1 aromatic rings. The molecule has 0 amide bonds. The molecule has 0 bridgehead atoms. The van der Waals surface area contributed by atoms with Crippen LogP contribution in [-0.4, -0.2) is 30.1 Å². The summed E-state index contributed by atoms with van der Waals surface area (Å²) in [5.74, 6) is -0.354. The van der Waals surface area contributed by atoms with Crippen molar-refractivity contribution in [1.82, 2.24) is 4.98 Å². The first-order chi connectivity index (χ1) is 8.17. The minimum absolute atomic E-state index is 0.354. The fraction of sp³-hybridized carbons (Fsp3) is 0.667. The normalized spacial score (nSPS) is 24.1. The molecule has 1 saturated heterocycles. The number of nitrogens with zero attached hydrogens (tertiary/aromatic N) is 2. The van der Waals surface area contributed by atoms with Gasteiger partial charge in [-0.3, -0.25) is 0 Å². The summed E-state index contributed by atoms with van der Waals surface area (Å²) >= 11 is 1.53. The second-order valence-corrected chi connectivity index (χ2v) is 5.24. The molecule has 1 fully saturated rings. The number of hydrogen-bond acceptors (Lipinski definition) is 5. The summed E-state index contributed by atoms with van der Waals surface area (Å²) in [4.78, 5) is 18.1. The zero-order chi connectivity index (χ0) is 12.4. The number of rotatable bonds is 3. The van der Waals surface area contributed by atoms with E-state index in [2.05, 4.69) is 28.5 Å². The highest BCUT2D eigenvalue weighted by Crippen LogP contribution is 2.33. The molecular weight excluding hydrogens is 236 g/mol. The molecule has 0 radical (unpaired) electrons. The lowest BCUT2D eigenvalue weighted by Crippen LogP contribution is -2.34. The van der Waals surface area contributed by atoms with Gasteiger partial charge in [0.25, 0.3) is 0 Å². The molecule has 2 heterocycles. The number of aromatic nitrogens is 1. The van der Waals surface area contributed by atoms with Crippen molar-refractivity contribution in [1.29, 1.82) is 0 Å². The Labute approximate surface area is 106 Å². The van der Waals surface area contributed by atoms with Crippen LogP contribution in [0.2, 0.25) is 0 Å². The third-order valence-electron chi connectivity index (χ3n) is 3.36. The van der Waals surface area contributed by atoms with Gasteiger partial charge in [-0.25, -0.2) is 9.78 Å². The van der Waals surface area contributed by atoms with Crippen molar-refractivity contribution in [2.75, 3.05) is 12.0 Å². The molecule has 94 valence electrons. The zero-order valence-corrected chi connectivity index (χ0v) is 11.3. The van der Waals surface area contributed by atoms with E-state index in [1.165, 1.54) is 31.3 Å². The maximum atomic E-state index is 11.4. The van der Waals surface area contributed by atoms with Gasteiger partial charge in [-0.05, 0) is 26.2 Å². The molecular formula is C12H18N2O2S. The highest BCUT2D eigenvalue weighted by Gasteiger charge is 2.31. The predicted octanol–water partition coefficient (Wildman–Crippen LogP) is 2.70. The van der Waals surface area contributed by atoms with Crippen molar-refractivity contribution >= 4 is 22.4 Å². The van der Waals surface area contributed by atoms with Gasteiger partial charge in [-0.1, -0.05) is 6.92 Å². The number of anilines is 1. The van der Waals surface area contributed by atoms with E-state index in [1.54, 1.807) is 5.38 Å². The Bertz CT molecular complexity index is 405. The van der Waals surface area contributed by atoms with E-state index in [4.69, 9.17) is 0 Å². The summed E-state index contributed by atoms with van der Waals surface area (Å²) < 4.78 is 4.68. The van der Waals surface area contributed by atoms with Crippen molar-refractivity contribution in [3.63, 3.8) is 0 Å². The van der Waals surface area contributed by atoms with Crippen LogP contribution in [-0.2, 0) is 4.74 Å². The molecule has 0 N–H and O–H groups in total. The smallest absolute Gasteiger partial charge is 0.357 e. The maximum absolute atomic E-state index is 11.4. The van der Waals surface area contributed by atoms with Crippen molar-refractivity contribution in [3.05, 3.63) is 11.1 Å². The van der Waals surface area contributed by atoms with E-state index in [-0.39, 0.29) is 5.97 Å². The molecule has 5 heteroatoms. The molecule has 0 saturated carbocycles. The van der Waals surface area contributed by atoms with Gasteiger partial charge in [0.2, 0.25) is 0 Å². The van der Waals surface area contributed by atoms with Crippen LogP contribution in [0.4, 0.5) is 5.13 Å². The molecule has 1 aliphatic rings. The van der Waals surface area contributed by atoms with E-state index < -0.39 is 0 Å². The maximum Gasteiger partial charge on any atom is 0.357 e. The van der Waals surface area contributed by atoms with Crippen LogP contribution < -0.4 is 4.90 Å². The average molecular weight is 254 g/mol. The molecule has 17 heavy (non-hydrogen) atoms. The van der Waals surface area contributed by atoms with E-state index in [1.807, 2.05) is 0 Å². The Balaban J connectivity index is 2.21. The molecule has 2 rings (SSSR count). The molecule has 0 spiro atoms. The number of hydrogen-bond donors (Lipinski definition) is 0. The number of ether oxygens (including phenoxy) is 1. The van der Waals surface area contributed by atoms with Gasteiger partial charge in [0.1, 0.15) is 0 Å². The highest BCUT2D eigenvalue weighted by atomic mass is 32.1. The Morgan fingerprint density at radius 3 is 3.06 bits per heavy atom. The van der Waals surface area contributed by atoms with Gasteiger partial charge >= 0.3 is 5.97 Å². The number of carbonyl (C=O) groups excluding carboxylic acids is 1. The lowest BCUT2D eigenvalue weighted by Gasteiger charge is -2.27. The van der Waals surface area contributed by atoms with Gasteiger partial charge in [0.15, 0.2) is 10.8 Å². The van der Waals surface area contributed by atoms with Crippen molar-refractivity contribution < 1.29 is 9.53 Å². The first kappa shape index (κ1) is 12.4. The van der Waals surface area contributed by atoms with Crippen LogP contribution in [0.25, 0.3) is 0 Å². The second-order valence-electron chi connectivity index (χ2n) is 4.40. The molecule has 2 atom stereocenters. The van der Waals surface area contributed by atoms with E-state index >= 15 is 0 Å². The summed E-state index contributed by atoms with van der Waals surface area (Å²) in [6.07, 6.45) is 3.54. The van der Waals surface area contributed by atoms with E-state index in [0.29, 0.717) is 17.8 Å². The number of thiazole rings is 1. The van der Waals surface area contributed by atoms with Crippen molar-refractivity contribution in [3.8, 4) is 0 Å². The molecule has 4 nitrogen and oxygen atoms in total. The molecule has 0 aromatic carbocycles. The highest BCUT2D eigenvalue weighted by molar-refractivity contribution is 7.14. The van der Waals surface area contributed by atoms with Gasteiger partial charge in [0.05, 0.1) is 7.11 Å². The van der Waals surface area contributed by atoms with Gasteiger partial charge < -0.3 is 9.64 Å². The first-order valence-electron chi connectivity index (χ1n) is 5.99.